The molecule has 0 spiro atoms. The summed E-state index contributed by atoms with van der Waals surface area (Å²) < 4.78 is 56.2. The summed E-state index contributed by atoms with van der Waals surface area (Å²) in [5, 5.41) is 8.60. The van der Waals surface area contributed by atoms with Crippen LogP contribution >= 0.6 is 0 Å². The number of pyridine rings is 1. The van der Waals surface area contributed by atoms with E-state index in [9.17, 15) is 17.6 Å². The van der Waals surface area contributed by atoms with Crippen LogP contribution in [0.3, 0.4) is 0 Å². The zero-order valence-corrected chi connectivity index (χ0v) is 17.6. The van der Waals surface area contributed by atoms with Crippen molar-refractivity contribution < 1.29 is 17.6 Å². The minimum Gasteiger partial charge on any atom is -0.324 e. The molecule has 0 unspecified atom stereocenters. The number of rotatable bonds is 4. The molecule has 0 N–H and O–H groups in total. The molecule has 10 heteroatoms. The molecule has 0 amide bonds. The lowest BCUT2D eigenvalue weighted by molar-refractivity contribution is -0.188. The van der Waals surface area contributed by atoms with Gasteiger partial charge in [-0.2, -0.15) is 18.2 Å². The number of aromatic nitrogens is 5. The Balaban J connectivity index is 1.43. The number of alkyl halides is 3. The Kier molecular flexibility index (Phi) is 4.37. The predicted octanol–water partition coefficient (Wildman–Crippen LogP) is 5.17. The second kappa shape index (κ2) is 7.10. The number of hydrogen-bond acceptors (Lipinski definition) is 5. The predicted molar refractivity (Wildman–Crippen MR) is 114 cm³/mol. The first kappa shape index (κ1) is 20.3. The molecule has 0 atom stereocenters. The largest absolute Gasteiger partial charge is 0.394 e. The maximum atomic E-state index is 14.2. The van der Waals surface area contributed by atoms with Crippen LogP contribution in [0.4, 0.5) is 29.1 Å². The lowest BCUT2D eigenvalue weighted by Crippen LogP contribution is -2.28. The van der Waals surface area contributed by atoms with E-state index in [1.54, 1.807) is 22.9 Å². The highest BCUT2D eigenvalue weighted by Crippen LogP contribution is 2.60. The monoisotopic (exact) mass is 456 g/mol. The van der Waals surface area contributed by atoms with E-state index in [4.69, 9.17) is 0 Å². The van der Waals surface area contributed by atoms with Gasteiger partial charge in [-0.05, 0) is 67.9 Å². The smallest absolute Gasteiger partial charge is 0.324 e. The second-order valence-electron chi connectivity index (χ2n) is 8.93. The maximum absolute atomic E-state index is 14.2. The number of nitrogens with zero attached hydrogens (tertiary/aromatic N) is 6. The number of hydrogen-bond donors (Lipinski definition) is 0. The summed E-state index contributed by atoms with van der Waals surface area (Å²) in [5.41, 5.74) is 1.81. The zero-order chi connectivity index (χ0) is 22.8. The van der Waals surface area contributed by atoms with Crippen LogP contribution in [-0.4, -0.2) is 37.3 Å². The Morgan fingerprint density at radius 3 is 2.76 bits per heavy atom. The van der Waals surface area contributed by atoms with Gasteiger partial charge in [0, 0.05) is 18.1 Å². The van der Waals surface area contributed by atoms with Gasteiger partial charge >= 0.3 is 6.18 Å². The summed E-state index contributed by atoms with van der Waals surface area (Å²) in [4.78, 5) is 11.0. The van der Waals surface area contributed by atoms with Crippen LogP contribution in [0.1, 0.15) is 36.8 Å². The molecule has 1 saturated carbocycles. The summed E-state index contributed by atoms with van der Waals surface area (Å²) in [6, 6.07) is 4.48. The Hall–Kier alpha value is -3.30. The Bertz CT molecular complexity index is 1370. The van der Waals surface area contributed by atoms with E-state index in [0.717, 1.165) is 35.2 Å². The Morgan fingerprint density at radius 1 is 1.12 bits per heavy atom. The molecule has 6 nitrogen and oxygen atoms in total. The van der Waals surface area contributed by atoms with Crippen molar-refractivity contribution in [1.82, 2.24) is 24.6 Å². The van der Waals surface area contributed by atoms with Gasteiger partial charge in [0.25, 0.3) is 5.78 Å². The molecular formula is C23H20F4N6. The number of aryl methyl sites for hydroxylation is 1. The van der Waals surface area contributed by atoms with Crippen LogP contribution in [0.5, 0.6) is 0 Å². The van der Waals surface area contributed by atoms with Crippen molar-refractivity contribution in [3.63, 3.8) is 0 Å². The molecule has 1 aromatic carbocycles. The summed E-state index contributed by atoms with van der Waals surface area (Å²) >= 11 is 0. The summed E-state index contributed by atoms with van der Waals surface area (Å²) in [6.07, 6.45) is 3.12. The van der Waals surface area contributed by atoms with Crippen LogP contribution in [0.15, 0.2) is 36.9 Å². The highest BCUT2D eigenvalue weighted by Gasteiger charge is 2.62. The van der Waals surface area contributed by atoms with Gasteiger partial charge in [0.1, 0.15) is 18.0 Å². The lowest BCUT2D eigenvalue weighted by Gasteiger charge is -2.32. The fourth-order valence-corrected chi connectivity index (χ4v) is 4.94. The number of fused-ring (bicyclic) bond motifs is 4. The lowest BCUT2D eigenvalue weighted by atomic mass is 9.91. The molecule has 1 aliphatic carbocycles. The third-order valence-electron chi connectivity index (χ3n) is 7.00. The molecule has 2 aliphatic rings. The molecule has 6 rings (SSSR count). The average Bonchev–Trinajstić information content (AvgIpc) is 3.46. The summed E-state index contributed by atoms with van der Waals surface area (Å²) in [7, 11) is 0. The van der Waals surface area contributed by atoms with Gasteiger partial charge in [-0.3, -0.25) is 9.38 Å². The molecule has 0 saturated heterocycles. The van der Waals surface area contributed by atoms with Crippen molar-refractivity contribution in [2.75, 3.05) is 11.4 Å². The van der Waals surface area contributed by atoms with Gasteiger partial charge in [0.05, 0.1) is 22.8 Å². The first-order chi connectivity index (χ1) is 15.9. The Labute approximate surface area is 186 Å². The molecule has 170 valence electrons. The number of benzene rings is 1. The van der Waals surface area contributed by atoms with Crippen LogP contribution in [0.2, 0.25) is 0 Å². The van der Waals surface area contributed by atoms with E-state index in [0.29, 0.717) is 29.9 Å². The van der Waals surface area contributed by atoms with Gasteiger partial charge in [-0.15, -0.1) is 10.2 Å². The highest BCUT2D eigenvalue weighted by atomic mass is 19.4. The molecule has 0 radical (unpaired) electrons. The van der Waals surface area contributed by atoms with E-state index in [2.05, 4.69) is 20.2 Å². The van der Waals surface area contributed by atoms with E-state index in [-0.39, 0.29) is 25.1 Å². The van der Waals surface area contributed by atoms with Gasteiger partial charge in [0.2, 0.25) is 0 Å². The molecule has 33 heavy (non-hydrogen) atoms. The molecule has 3 aromatic heterocycles. The SMILES string of the molecule is Fc1ccc2c(c1)c(N1CCCc3c(CCC4(C(F)(F)F)CC4)cncc31)nc1nncn12. The van der Waals surface area contributed by atoms with Gasteiger partial charge in [-0.1, -0.05) is 0 Å². The topological polar surface area (TPSA) is 59.2 Å². The summed E-state index contributed by atoms with van der Waals surface area (Å²) in [5.74, 6) is 0.545. The molecule has 1 aliphatic heterocycles. The molecular weight excluding hydrogens is 436 g/mol. The third kappa shape index (κ3) is 3.22. The van der Waals surface area contributed by atoms with Crippen molar-refractivity contribution >= 4 is 28.2 Å². The van der Waals surface area contributed by atoms with Gasteiger partial charge in [0.15, 0.2) is 0 Å². The fraction of sp³-hybridized carbons (Fsp3) is 0.391. The fourth-order valence-electron chi connectivity index (χ4n) is 4.94. The van der Waals surface area contributed by atoms with E-state index >= 15 is 0 Å². The van der Waals surface area contributed by atoms with Gasteiger partial charge < -0.3 is 4.90 Å². The standard InChI is InChI=1S/C23H20F4N6/c24-15-3-4-18-17(10-15)20(30-21-31-29-13-33(18)21)32-9-1-2-16-14(11-28-12-19(16)32)5-6-22(7-8-22)23(25,26)27/h3-4,10-13H,1-2,5-9H2. The van der Waals surface area contributed by atoms with Crippen molar-refractivity contribution in [1.29, 1.82) is 0 Å². The third-order valence-corrected chi connectivity index (χ3v) is 7.00. The zero-order valence-electron chi connectivity index (χ0n) is 17.6. The normalized spacial score (nSPS) is 17.5. The van der Waals surface area contributed by atoms with Crippen molar-refractivity contribution in [2.45, 2.75) is 44.7 Å². The first-order valence-electron chi connectivity index (χ1n) is 11.0. The molecule has 4 heterocycles. The molecule has 1 fully saturated rings. The van der Waals surface area contributed by atoms with Crippen molar-refractivity contribution in [2.24, 2.45) is 5.41 Å². The van der Waals surface area contributed by atoms with Crippen LogP contribution in [0, 0.1) is 11.2 Å². The van der Waals surface area contributed by atoms with Crippen LogP contribution in [0.25, 0.3) is 16.7 Å². The minimum atomic E-state index is -4.16. The molecule has 0 bridgehead atoms. The number of halogens is 4. The number of anilines is 2. The van der Waals surface area contributed by atoms with Crippen molar-refractivity contribution in [3.8, 4) is 0 Å². The van der Waals surface area contributed by atoms with Gasteiger partial charge in [-0.25, -0.2) is 4.39 Å². The quantitative estimate of drug-likeness (QED) is 0.397. The Morgan fingerprint density at radius 2 is 1.97 bits per heavy atom. The highest BCUT2D eigenvalue weighted by molar-refractivity contribution is 5.94. The second-order valence-corrected chi connectivity index (χ2v) is 8.93. The molecule has 4 aromatic rings. The van der Waals surface area contributed by atoms with Crippen LogP contribution in [-0.2, 0) is 12.8 Å². The van der Waals surface area contributed by atoms with E-state index < -0.39 is 11.6 Å². The van der Waals surface area contributed by atoms with Crippen molar-refractivity contribution in [3.05, 3.63) is 53.9 Å². The minimum absolute atomic E-state index is 0.0761. The maximum Gasteiger partial charge on any atom is 0.394 e. The first-order valence-corrected chi connectivity index (χ1v) is 11.0. The van der Waals surface area contributed by atoms with Crippen LogP contribution < -0.4 is 4.90 Å². The van der Waals surface area contributed by atoms with E-state index in [1.165, 1.54) is 18.5 Å². The summed E-state index contributed by atoms with van der Waals surface area (Å²) in [6.45, 7) is 0.632. The average molecular weight is 456 g/mol. The van der Waals surface area contributed by atoms with E-state index in [1.807, 2.05) is 4.90 Å².